The molecule has 0 aromatic carbocycles. The minimum absolute atomic E-state index is 0.203. The Hall–Kier alpha value is -0.160. The maximum absolute atomic E-state index is 6.00. The predicted octanol–water partition coefficient (Wildman–Crippen LogP) is 0.603. The first-order valence-corrected chi connectivity index (χ1v) is 6.26. The van der Waals surface area contributed by atoms with E-state index in [1.54, 1.807) is 14.2 Å². The molecule has 1 saturated heterocycles. The molecule has 0 aromatic heterocycles. The second-order valence-corrected chi connectivity index (χ2v) is 5.09. The van der Waals surface area contributed by atoms with Gasteiger partial charge in [-0.2, -0.15) is 0 Å². The van der Waals surface area contributed by atoms with E-state index in [0.29, 0.717) is 0 Å². The quantitative estimate of drug-likeness (QED) is 0.765. The molecule has 0 amide bonds. The van der Waals surface area contributed by atoms with Crippen LogP contribution in [0.2, 0.25) is 0 Å². The van der Waals surface area contributed by atoms with Gasteiger partial charge in [0.2, 0.25) is 0 Å². The van der Waals surface area contributed by atoms with Crippen molar-refractivity contribution in [2.45, 2.75) is 43.4 Å². The molecular formula is C12H24N2O2. The van der Waals surface area contributed by atoms with Crippen LogP contribution in [0.15, 0.2) is 0 Å². The summed E-state index contributed by atoms with van der Waals surface area (Å²) in [4.78, 5) is 2.50. The van der Waals surface area contributed by atoms with E-state index in [9.17, 15) is 0 Å². The van der Waals surface area contributed by atoms with E-state index in [4.69, 9.17) is 15.2 Å². The highest BCUT2D eigenvalue weighted by Gasteiger charge is 2.45. The fraction of sp³-hybridized carbons (Fsp3) is 1.00. The fourth-order valence-electron chi connectivity index (χ4n) is 3.27. The van der Waals surface area contributed by atoms with Crippen molar-refractivity contribution in [1.82, 2.24) is 4.90 Å². The molecule has 1 heterocycles. The van der Waals surface area contributed by atoms with Crippen molar-refractivity contribution < 1.29 is 9.47 Å². The molecule has 1 saturated carbocycles. The minimum Gasteiger partial charge on any atom is -0.377 e. The maximum Gasteiger partial charge on any atom is 0.0972 e. The van der Waals surface area contributed by atoms with Gasteiger partial charge in [0.05, 0.1) is 12.2 Å². The van der Waals surface area contributed by atoms with E-state index in [2.05, 4.69) is 4.90 Å². The summed E-state index contributed by atoms with van der Waals surface area (Å²) in [5.41, 5.74) is 6.23. The number of nitrogens with zero attached hydrogens (tertiary/aromatic N) is 1. The molecule has 4 nitrogen and oxygen atoms in total. The third-order valence-corrected chi connectivity index (χ3v) is 4.41. The Bertz CT molecular complexity index is 217. The SMILES string of the molecule is COC1CN(C2(CN)CCCC2)CC1OC. The number of likely N-dealkylation sites (tertiary alicyclic amines) is 1. The van der Waals surface area contributed by atoms with Crippen LogP contribution >= 0.6 is 0 Å². The lowest BCUT2D eigenvalue weighted by molar-refractivity contribution is -0.00461. The molecule has 2 aliphatic rings. The van der Waals surface area contributed by atoms with Gasteiger partial charge in [0.1, 0.15) is 0 Å². The number of hydrogen-bond acceptors (Lipinski definition) is 4. The van der Waals surface area contributed by atoms with Crippen molar-refractivity contribution in [2.75, 3.05) is 33.9 Å². The van der Waals surface area contributed by atoms with Crippen molar-refractivity contribution in [2.24, 2.45) is 5.73 Å². The molecule has 4 heteroatoms. The number of methoxy groups -OCH3 is 2. The molecule has 0 aromatic rings. The smallest absolute Gasteiger partial charge is 0.0972 e. The highest BCUT2D eigenvalue weighted by atomic mass is 16.5. The molecule has 2 unspecified atom stereocenters. The lowest BCUT2D eigenvalue weighted by Crippen LogP contribution is -2.51. The van der Waals surface area contributed by atoms with E-state index in [1.165, 1.54) is 25.7 Å². The van der Waals surface area contributed by atoms with Crippen LogP contribution in [0.1, 0.15) is 25.7 Å². The fourth-order valence-corrected chi connectivity index (χ4v) is 3.27. The molecule has 1 aliphatic carbocycles. The predicted molar refractivity (Wildman–Crippen MR) is 63.4 cm³/mol. The van der Waals surface area contributed by atoms with Gasteiger partial charge in [-0.25, -0.2) is 0 Å². The molecule has 2 fully saturated rings. The van der Waals surface area contributed by atoms with Crippen molar-refractivity contribution in [1.29, 1.82) is 0 Å². The Morgan fingerprint density at radius 3 is 2.00 bits per heavy atom. The molecule has 0 spiro atoms. The molecule has 1 aliphatic heterocycles. The van der Waals surface area contributed by atoms with Crippen LogP contribution < -0.4 is 5.73 Å². The Kier molecular flexibility index (Phi) is 3.85. The van der Waals surface area contributed by atoms with Crippen LogP contribution in [-0.4, -0.2) is 56.5 Å². The summed E-state index contributed by atoms with van der Waals surface area (Å²) in [6.45, 7) is 2.69. The van der Waals surface area contributed by atoms with Gasteiger partial charge < -0.3 is 15.2 Å². The highest BCUT2D eigenvalue weighted by molar-refractivity contribution is 5.01. The molecule has 0 bridgehead atoms. The maximum atomic E-state index is 6.00. The zero-order valence-electron chi connectivity index (χ0n) is 10.4. The lowest BCUT2D eigenvalue weighted by Gasteiger charge is -2.37. The number of ether oxygens (including phenoxy) is 2. The van der Waals surface area contributed by atoms with E-state index in [-0.39, 0.29) is 17.7 Å². The lowest BCUT2D eigenvalue weighted by atomic mass is 9.96. The van der Waals surface area contributed by atoms with Gasteiger partial charge in [-0.1, -0.05) is 12.8 Å². The summed E-state index contributed by atoms with van der Waals surface area (Å²) in [6, 6.07) is 0. The van der Waals surface area contributed by atoms with Crippen LogP contribution in [0.4, 0.5) is 0 Å². The topological polar surface area (TPSA) is 47.7 Å². The minimum atomic E-state index is 0.203. The third kappa shape index (κ3) is 1.99. The van der Waals surface area contributed by atoms with Gasteiger partial charge in [-0.15, -0.1) is 0 Å². The summed E-state index contributed by atoms with van der Waals surface area (Å²) in [5, 5.41) is 0. The first-order valence-electron chi connectivity index (χ1n) is 6.26. The average Bonchev–Trinajstić information content (AvgIpc) is 2.95. The van der Waals surface area contributed by atoms with Crippen molar-refractivity contribution in [3.05, 3.63) is 0 Å². The normalized spacial score (nSPS) is 34.7. The molecule has 2 atom stereocenters. The molecule has 2 N–H and O–H groups in total. The number of rotatable bonds is 4. The highest BCUT2D eigenvalue weighted by Crippen LogP contribution is 2.37. The van der Waals surface area contributed by atoms with Crippen LogP contribution in [-0.2, 0) is 9.47 Å². The van der Waals surface area contributed by atoms with Crippen molar-refractivity contribution in [3.63, 3.8) is 0 Å². The van der Waals surface area contributed by atoms with Crippen LogP contribution in [0.3, 0.4) is 0 Å². The summed E-state index contributed by atoms with van der Waals surface area (Å²) in [5.74, 6) is 0. The summed E-state index contributed by atoms with van der Waals surface area (Å²) >= 11 is 0. The van der Waals surface area contributed by atoms with Gasteiger partial charge in [-0.05, 0) is 12.8 Å². The monoisotopic (exact) mass is 228 g/mol. The van der Waals surface area contributed by atoms with Crippen molar-refractivity contribution >= 4 is 0 Å². The second kappa shape index (κ2) is 5.00. The summed E-state index contributed by atoms with van der Waals surface area (Å²) in [6.07, 6.45) is 5.49. The van der Waals surface area contributed by atoms with Gasteiger partial charge in [0.25, 0.3) is 0 Å². The standard InChI is InChI=1S/C12H24N2O2/c1-15-10-7-14(8-11(10)16-2)12(9-13)5-3-4-6-12/h10-11H,3-9,13H2,1-2H3. The molecule has 0 radical (unpaired) electrons. The number of hydrogen-bond donors (Lipinski definition) is 1. The van der Waals surface area contributed by atoms with Gasteiger partial charge in [0, 0.05) is 39.4 Å². The van der Waals surface area contributed by atoms with Crippen LogP contribution in [0.5, 0.6) is 0 Å². The Balaban J connectivity index is 2.05. The first-order chi connectivity index (χ1) is 7.75. The summed E-state index contributed by atoms with van der Waals surface area (Å²) < 4.78 is 11.0. The Labute approximate surface area is 98.1 Å². The molecular weight excluding hydrogens is 204 g/mol. The van der Waals surface area contributed by atoms with Crippen molar-refractivity contribution in [3.8, 4) is 0 Å². The third-order valence-electron chi connectivity index (χ3n) is 4.41. The Morgan fingerprint density at radius 2 is 1.62 bits per heavy atom. The molecule has 94 valence electrons. The zero-order chi connectivity index (χ0) is 11.6. The van der Waals surface area contributed by atoms with Gasteiger partial charge >= 0.3 is 0 Å². The Morgan fingerprint density at radius 1 is 1.12 bits per heavy atom. The summed E-state index contributed by atoms with van der Waals surface area (Å²) in [7, 11) is 3.54. The van der Waals surface area contributed by atoms with E-state index in [1.807, 2.05) is 0 Å². The largest absolute Gasteiger partial charge is 0.377 e. The first kappa shape index (κ1) is 12.3. The molecule has 16 heavy (non-hydrogen) atoms. The number of nitrogens with two attached hydrogens (primary N) is 1. The van der Waals surface area contributed by atoms with Crippen LogP contribution in [0.25, 0.3) is 0 Å². The van der Waals surface area contributed by atoms with Crippen LogP contribution in [0, 0.1) is 0 Å². The van der Waals surface area contributed by atoms with E-state index < -0.39 is 0 Å². The average molecular weight is 228 g/mol. The van der Waals surface area contributed by atoms with Gasteiger partial charge in [-0.3, -0.25) is 4.90 Å². The van der Waals surface area contributed by atoms with E-state index >= 15 is 0 Å². The zero-order valence-corrected chi connectivity index (χ0v) is 10.4. The second-order valence-electron chi connectivity index (χ2n) is 5.09. The van der Waals surface area contributed by atoms with E-state index in [0.717, 1.165) is 19.6 Å². The van der Waals surface area contributed by atoms with Gasteiger partial charge in [0.15, 0.2) is 0 Å². The molecule has 2 rings (SSSR count).